The van der Waals surface area contributed by atoms with Crippen molar-refractivity contribution in [1.82, 2.24) is 0 Å². The maximum atomic E-state index is 10.0. The van der Waals surface area contributed by atoms with Crippen LogP contribution in [0.25, 0.3) is 6.08 Å². The van der Waals surface area contributed by atoms with Gasteiger partial charge in [-0.3, -0.25) is 0 Å². The Bertz CT molecular complexity index is 306. The van der Waals surface area contributed by atoms with Crippen molar-refractivity contribution in [3.63, 3.8) is 0 Å². The third kappa shape index (κ3) is 5.26. The first-order valence-corrected chi connectivity index (χ1v) is 4.12. The van der Waals surface area contributed by atoms with Crippen LogP contribution < -0.4 is 34.7 Å². The predicted octanol–water partition coefficient (Wildman–Crippen LogP) is -1.78. The maximum absolute atomic E-state index is 10.0. The van der Waals surface area contributed by atoms with Gasteiger partial charge < -0.3 is 9.90 Å². The van der Waals surface area contributed by atoms with Crippen LogP contribution in [-0.2, 0) is 4.79 Å². The van der Waals surface area contributed by atoms with E-state index in [1.165, 1.54) is 6.08 Å². The molecule has 0 saturated heterocycles. The molecular weight excluding hydrogens is 243 g/mol. The third-order valence-corrected chi connectivity index (χ3v) is 1.81. The Kier molecular flexibility index (Phi) is 6.33. The van der Waals surface area contributed by atoms with Crippen molar-refractivity contribution < 1.29 is 39.5 Å². The van der Waals surface area contributed by atoms with Crippen LogP contribution in [0.1, 0.15) is 5.56 Å². The predicted molar refractivity (Wildman–Crippen MR) is 48.2 cm³/mol. The fourth-order valence-corrected chi connectivity index (χ4v) is 1.00. The Labute approximate surface area is 107 Å². The van der Waals surface area contributed by atoms with Crippen molar-refractivity contribution >= 4 is 28.0 Å². The fraction of sp³-hybridized carbons (Fsp3) is 0. The molecule has 0 aliphatic heterocycles. The van der Waals surface area contributed by atoms with Gasteiger partial charge in [0, 0.05) is 4.47 Å². The molecule has 0 fully saturated rings. The van der Waals surface area contributed by atoms with Crippen molar-refractivity contribution in [2.45, 2.75) is 0 Å². The molecule has 0 aromatic heterocycles. The molecule has 62 valence electrons. The van der Waals surface area contributed by atoms with Crippen LogP contribution in [0.3, 0.4) is 0 Å². The Balaban J connectivity index is 0.00000144. The Morgan fingerprint density at radius 3 is 2.31 bits per heavy atom. The molecule has 1 aromatic rings. The summed E-state index contributed by atoms with van der Waals surface area (Å²) in [5.41, 5.74) is 0.836. The van der Waals surface area contributed by atoms with Gasteiger partial charge in [-0.2, -0.15) is 0 Å². The summed E-state index contributed by atoms with van der Waals surface area (Å²) in [6, 6.07) is 7.30. The zero-order valence-corrected chi connectivity index (χ0v) is 10.7. The summed E-state index contributed by atoms with van der Waals surface area (Å²) in [5.74, 6) is -1.18. The maximum Gasteiger partial charge on any atom is 1.00 e. The quantitative estimate of drug-likeness (QED) is 0.459. The number of carboxylic acids is 1. The second-order valence-electron chi connectivity index (χ2n) is 2.20. The van der Waals surface area contributed by atoms with E-state index >= 15 is 0 Å². The summed E-state index contributed by atoms with van der Waals surface area (Å²) in [5, 5.41) is 10.0. The zero-order valence-electron chi connectivity index (χ0n) is 7.16. The van der Waals surface area contributed by atoms with Gasteiger partial charge in [-0.15, -0.1) is 0 Å². The van der Waals surface area contributed by atoms with E-state index in [0.717, 1.165) is 16.1 Å². The number of rotatable bonds is 2. The van der Waals surface area contributed by atoms with Gasteiger partial charge in [0.05, 0.1) is 5.97 Å². The molecule has 1 rings (SSSR count). The topological polar surface area (TPSA) is 40.1 Å². The van der Waals surface area contributed by atoms with Crippen molar-refractivity contribution in [3.05, 3.63) is 40.4 Å². The molecule has 0 saturated carbocycles. The summed E-state index contributed by atoms with van der Waals surface area (Å²) in [7, 11) is 0. The van der Waals surface area contributed by atoms with Crippen molar-refractivity contribution in [1.29, 1.82) is 0 Å². The van der Waals surface area contributed by atoms with Gasteiger partial charge in [0.25, 0.3) is 0 Å². The van der Waals surface area contributed by atoms with Crippen LogP contribution >= 0.6 is 15.9 Å². The first-order chi connectivity index (χ1) is 5.68. The number of carbonyl (C=O) groups is 1. The molecule has 0 N–H and O–H groups in total. The molecule has 0 heterocycles. The van der Waals surface area contributed by atoms with Crippen LogP contribution in [0.5, 0.6) is 0 Å². The van der Waals surface area contributed by atoms with E-state index < -0.39 is 5.97 Å². The van der Waals surface area contributed by atoms with Gasteiger partial charge in [0.15, 0.2) is 0 Å². The van der Waals surface area contributed by atoms with Crippen molar-refractivity contribution in [2.75, 3.05) is 0 Å². The van der Waals surface area contributed by atoms with Crippen LogP contribution in [-0.4, -0.2) is 5.97 Å². The first kappa shape index (κ1) is 12.9. The molecule has 0 atom stereocenters. The number of halogens is 1. The number of hydrogen-bond acceptors (Lipinski definition) is 2. The SMILES string of the molecule is O=C([O-])/C=C/c1ccc(Br)cc1.[Na+]. The number of benzene rings is 1. The smallest absolute Gasteiger partial charge is 0.545 e. The minimum absolute atomic E-state index is 0. The van der Waals surface area contributed by atoms with E-state index in [-0.39, 0.29) is 29.6 Å². The number of aliphatic carboxylic acids is 1. The first-order valence-electron chi connectivity index (χ1n) is 3.33. The van der Waals surface area contributed by atoms with E-state index in [9.17, 15) is 9.90 Å². The summed E-state index contributed by atoms with van der Waals surface area (Å²) >= 11 is 3.27. The van der Waals surface area contributed by atoms with Gasteiger partial charge in [0.2, 0.25) is 0 Å². The Hall–Kier alpha value is -0.0900. The van der Waals surface area contributed by atoms with Crippen molar-refractivity contribution in [3.8, 4) is 0 Å². The van der Waals surface area contributed by atoms with E-state index in [4.69, 9.17) is 0 Å². The van der Waals surface area contributed by atoms with E-state index in [1.54, 1.807) is 0 Å². The molecule has 0 radical (unpaired) electrons. The minimum atomic E-state index is -1.18. The molecule has 13 heavy (non-hydrogen) atoms. The molecule has 0 aliphatic rings. The summed E-state index contributed by atoms with van der Waals surface area (Å²) in [4.78, 5) is 10.0. The Morgan fingerprint density at radius 1 is 1.31 bits per heavy atom. The van der Waals surface area contributed by atoms with Crippen LogP contribution in [0.2, 0.25) is 0 Å². The van der Waals surface area contributed by atoms with Gasteiger partial charge in [-0.05, 0) is 23.8 Å². The van der Waals surface area contributed by atoms with Crippen LogP contribution in [0, 0.1) is 0 Å². The van der Waals surface area contributed by atoms with Crippen LogP contribution in [0.15, 0.2) is 34.8 Å². The molecular formula is C9H6BrNaO2. The van der Waals surface area contributed by atoms with Crippen LogP contribution in [0.4, 0.5) is 0 Å². The number of hydrogen-bond donors (Lipinski definition) is 0. The van der Waals surface area contributed by atoms with Gasteiger partial charge >= 0.3 is 29.6 Å². The monoisotopic (exact) mass is 248 g/mol. The van der Waals surface area contributed by atoms with E-state index in [1.807, 2.05) is 24.3 Å². The normalized spacial score (nSPS) is 9.62. The summed E-state index contributed by atoms with van der Waals surface area (Å²) in [6.07, 6.45) is 2.49. The molecule has 2 nitrogen and oxygen atoms in total. The number of carbonyl (C=O) groups excluding carboxylic acids is 1. The fourth-order valence-electron chi connectivity index (χ4n) is 0.738. The number of carboxylic acid groups (broad SMARTS) is 1. The third-order valence-electron chi connectivity index (χ3n) is 1.28. The van der Waals surface area contributed by atoms with Gasteiger partial charge in [-0.1, -0.05) is 34.1 Å². The molecule has 0 bridgehead atoms. The largest absolute Gasteiger partial charge is 1.00 e. The molecule has 0 aliphatic carbocycles. The molecule has 0 unspecified atom stereocenters. The van der Waals surface area contributed by atoms with E-state index in [0.29, 0.717) is 0 Å². The molecule has 4 heteroatoms. The van der Waals surface area contributed by atoms with Gasteiger partial charge in [0.1, 0.15) is 0 Å². The zero-order chi connectivity index (χ0) is 8.97. The molecule has 1 aromatic carbocycles. The second-order valence-corrected chi connectivity index (χ2v) is 3.12. The van der Waals surface area contributed by atoms with E-state index in [2.05, 4.69) is 15.9 Å². The Morgan fingerprint density at radius 2 is 1.85 bits per heavy atom. The molecule has 0 amide bonds. The van der Waals surface area contributed by atoms with Crippen molar-refractivity contribution in [2.24, 2.45) is 0 Å². The average Bonchev–Trinajstić information content (AvgIpc) is 2.03. The summed E-state index contributed by atoms with van der Waals surface area (Å²) < 4.78 is 0.966. The standard InChI is InChI=1S/C9H7BrO2.Na/c10-8-4-1-7(2-5-8)3-6-9(11)12;/h1-6H,(H,11,12);/q;+1/p-1/b6-3+;. The molecule has 0 spiro atoms. The second kappa shape index (κ2) is 6.38. The average molecular weight is 249 g/mol. The summed E-state index contributed by atoms with van der Waals surface area (Å²) in [6.45, 7) is 0. The minimum Gasteiger partial charge on any atom is -0.545 e. The van der Waals surface area contributed by atoms with Gasteiger partial charge in [-0.25, -0.2) is 0 Å².